The van der Waals surface area contributed by atoms with Crippen molar-refractivity contribution in [2.75, 3.05) is 7.11 Å². The number of hydrazone groups is 1. The third kappa shape index (κ3) is 4.56. The lowest BCUT2D eigenvalue weighted by atomic mass is 10.1. The van der Waals surface area contributed by atoms with Gasteiger partial charge >= 0.3 is 0 Å². The number of carbonyl (C=O) groups excluding carboxylic acids is 1. The van der Waals surface area contributed by atoms with E-state index in [1.54, 1.807) is 30.3 Å². The highest BCUT2D eigenvalue weighted by Gasteiger charge is 2.03. The van der Waals surface area contributed by atoms with Crippen molar-refractivity contribution in [3.8, 4) is 5.75 Å². The standard InChI is InChI=1S/C16H14ClFN2O2/c1-22-15-7-4-12(8-14(15)18)10-19-20-16(21)9-11-2-5-13(17)6-3-11/h2-8,10H,9H2,1H3,(H,20,21)/b19-10+. The van der Waals surface area contributed by atoms with Gasteiger partial charge in [-0.15, -0.1) is 0 Å². The van der Waals surface area contributed by atoms with E-state index in [9.17, 15) is 9.18 Å². The molecule has 0 unspecified atom stereocenters. The molecule has 0 radical (unpaired) electrons. The largest absolute Gasteiger partial charge is 0.494 e. The minimum atomic E-state index is -0.487. The summed E-state index contributed by atoms with van der Waals surface area (Å²) in [5.74, 6) is -0.601. The van der Waals surface area contributed by atoms with Crippen LogP contribution in [0.5, 0.6) is 5.75 Å². The average molecular weight is 321 g/mol. The van der Waals surface area contributed by atoms with E-state index in [0.717, 1.165) is 5.56 Å². The first-order valence-corrected chi connectivity index (χ1v) is 6.86. The second-order valence-electron chi connectivity index (χ2n) is 4.49. The minimum Gasteiger partial charge on any atom is -0.494 e. The van der Waals surface area contributed by atoms with Gasteiger partial charge < -0.3 is 4.74 Å². The van der Waals surface area contributed by atoms with Crippen molar-refractivity contribution < 1.29 is 13.9 Å². The smallest absolute Gasteiger partial charge is 0.244 e. The molecule has 0 fully saturated rings. The van der Waals surface area contributed by atoms with Crippen LogP contribution in [-0.4, -0.2) is 19.2 Å². The molecule has 0 aliphatic carbocycles. The van der Waals surface area contributed by atoms with Crippen molar-refractivity contribution in [1.82, 2.24) is 5.43 Å². The number of nitrogens with zero attached hydrogens (tertiary/aromatic N) is 1. The SMILES string of the molecule is COc1ccc(/C=N/NC(=O)Cc2ccc(Cl)cc2)cc1F. The van der Waals surface area contributed by atoms with Gasteiger partial charge in [0.25, 0.3) is 0 Å². The second kappa shape index (κ2) is 7.56. The van der Waals surface area contributed by atoms with E-state index >= 15 is 0 Å². The molecule has 2 aromatic rings. The van der Waals surface area contributed by atoms with Gasteiger partial charge in [-0.2, -0.15) is 5.10 Å². The highest BCUT2D eigenvalue weighted by atomic mass is 35.5. The van der Waals surface area contributed by atoms with Crippen molar-refractivity contribution in [2.24, 2.45) is 5.10 Å². The highest BCUT2D eigenvalue weighted by molar-refractivity contribution is 6.30. The first-order chi connectivity index (χ1) is 10.6. The van der Waals surface area contributed by atoms with Crippen molar-refractivity contribution in [3.63, 3.8) is 0 Å². The Bertz CT molecular complexity index is 687. The van der Waals surface area contributed by atoms with Crippen molar-refractivity contribution in [2.45, 2.75) is 6.42 Å². The second-order valence-corrected chi connectivity index (χ2v) is 4.93. The third-order valence-corrected chi connectivity index (χ3v) is 3.11. The van der Waals surface area contributed by atoms with Crippen molar-refractivity contribution >= 4 is 23.7 Å². The molecule has 6 heteroatoms. The van der Waals surface area contributed by atoms with Crippen molar-refractivity contribution in [1.29, 1.82) is 0 Å². The third-order valence-electron chi connectivity index (χ3n) is 2.86. The number of hydrogen-bond acceptors (Lipinski definition) is 3. The van der Waals surface area contributed by atoms with Gasteiger partial charge in [-0.1, -0.05) is 23.7 Å². The molecule has 0 aliphatic rings. The molecule has 0 saturated heterocycles. The molecule has 0 saturated carbocycles. The van der Waals surface area contributed by atoms with Gasteiger partial charge in [0.15, 0.2) is 11.6 Å². The molecule has 114 valence electrons. The Morgan fingerprint density at radius 2 is 2.05 bits per heavy atom. The molecule has 4 nitrogen and oxygen atoms in total. The van der Waals surface area contributed by atoms with Crippen LogP contribution in [0.4, 0.5) is 4.39 Å². The molecule has 0 heterocycles. The van der Waals surface area contributed by atoms with Crippen LogP contribution in [0.1, 0.15) is 11.1 Å². The fourth-order valence-corrected chi connectivity index (χ4v) is 1.89. The summed E-state index contributed by atoms with van der Waals surface area (Å²) in [5.41, 5.74) is 3.73. The lowest BCUT2D eigenvalue weighted by Gasteiger charge is -2.02. The summed E-state index contributed by atoms with van der Waals surface area (Å²) in [4.78, 5) is 11.7. The quantitative estimate of drug-likeness (QED) is 0.679. The van der Waals surface area contributed by atoms with Crippen molar-refractivity contribution in [3.05, 3.63) is 64.4 Å². The number of nitrogens with one attached hydrogen (secondary N) is 1. The molecular weight excluding hydrogens is 307 g/mol. The van der Waals surface area contributed by atoms with Crippen LogP contribution in [0.15, 0.2) is 47.6 Å². The van der Waals surface area contributed by atoms with Crippen LogP contribution >= 0.6 is 11.6 Å². The van der Waals surface area contributed by atoms with E-state index in [0.29, 0.717) is 10.6 Å². The Hall–Kier alpha value is -2.40. The number of methoxy groups -OCH3 is 1. The summed E-state index contributed by atoms with van der Waals surface area (Å²) in [6, 6.07) is 11.4. The summed E-state index contributed by atoms with van der Waals surface area (Å²) >= 11 is 5.77. The van der Waals surface area contributed by atoms with Gasteiger partial charge in [-0.05, 0) is 41.5 Å². The lowest BCUT2D eigenvalue weighted by Crippen LogP contribution is -2.19. The molecule has 0 aliphatic heterocycles. The maximum absolute atomic E-state index is 13.5. The fourth-order valence-electron chi connectivity index (χ4n) is 1.77. The van der Waals surface area contributed by atoms with Gasteiger partial charge in [0.05, 0.1) is 19.7 Å². The number of rotatable bonds is 5. The Morgan fingerprint density at radius 1 is 1.32 bits per heavy atom. The van der Waals surface area contributed by atoms with E-state index in [2.05, 4.69) is 10.5 Å². The predicted molar refractivity (Wildman–Crippen MR) is 83.8 cm³/mol. The number of benzene rings is 2. The molecule has 2 rings (SSSR count). The topological polar surface area (TPSA) is 50.7 Å². The number of amides is 1. The van der Waals surface area contributed by atoms with Crippen LogP contribution in [0.2, 0.25) is 5.02 Å². The Kier molecular flexibility index (Phi) is 5.49. The first kappa shape index (κ1) is 16.0. The minimum absolute atomic E-state index is 0.156. The number of halogens is 2. The van der Waals surface area contributed by atoms with Gasteiger partial charge in [0, 0.05) is 5.02 Å². The predicted octanol–water partition coefficient (Wildman–Crippen LogP) is 3.18. The molecule has 0 aromatic heterocycles. The van der Waals surface area contributed by atoms with Crippen LogP contribution in [-0.2, 0) is 11.2 Å². The molecule has 1 N–H and O–H groups in total. The van der Waals surface area contributed by atoms with Crippen LogP contribution in [0, 0.1) is 5.82 Å². The number of ether oxygens (including phenoxy) is 1. The summed E-state index contributed by atoms with van der Waals surface area (Å²) < 4.78 is 18.3. The zero-order valence-electron chi connectivity index (χ0n) is 11.8. The van der Waals surface area contributed by atoms with E-state index in [4.69, 9.17) is 16.3 Å². The van der Waals surface area contributed by atoms with Gasteiger partial charge in [0.1, 0.15) is 0 Å². The monoisotopic (exact) mass is 320 g/mol. The highest BCUT2D eigenvalue weighted by Crippen LogP contribution is 2.16. The summed E-state index contributed by atoms with van der Waals surface area (Å²) in [6.45, 7) is 0. The van der Waals surface area contributed by atoms with Gasteiger partial charge in [-0.3, -0.25) is 4.79 Å². The van der Waals surface area contributed by atoms with Crippen LogP contribution < -0.4 is 10.2 Å². The molecule has 2 aromatic carbocycles. The molecule has 0 spiro atoms. The summed E-state index contributed by atoms with van der Waals surface area (Å²) in [5, 5.41) is 4.41. The molecule has 0 atom stereocenters. The zero-order chi connectivity index (χ0) is 15.9. The fraction of sp³-hybridized carbons (Fsp3) is 0.125. The maximum atomic E-state index is 13.5. The summed E-state index contributed by atoms with van der Waals surface area (Å²) in [6.07, 6.45) is 1.55. The van der Waals surface area contributed by atoms with E-state index in [1.165, 1.54) is 25.5 Å². The number of hydrogen-bond donors (Lipinski definition) is 1. The molecular formula is C16H14ClFN2O2. The normalized spacial score (nSPS) is 10.7. The summed E-state index contributed by atoms with van der Waals surface area (Å²) in [7, 11) is 1.39. The van der Waals surface area contributed by atoms with E-state index < -0.39 is 5.82 Å². The lowest BCUT2D eigenvalue weighted by molar-refractivity contribution is -0.120. The molecule has 0 bridgehead atoms. The van der Waals surface area contributed by atoms with Gasteiger partial charge in [-0.25, -0.2) is 9.82 Å². The molecule has 22 heavy (non-hydrogen) atoms. The Balaban J connectivity index is 1.90. The average Bonchev–Trinajstić information content (AvgIpc) is 2.50. The van der Waals surface area contributed by atoms with Crippen LogP contribution in [0.3, 0.4) is 0 Å². The zero-order valence-corrected chi connectivity index (χ0v) is 12.6. The van der Waals surface area contributed by atoms with E-state index in [1.807, 2.05) is 0 Å². The Morgan fingerprint density at radius 3 is 2.68 bits per heavy atom. The first-order valence-electron chi connectivity index (χ1n) is 6.48. The van der Waals surface area contributed by atoms with Gasteiger partial charge in [0.2, 0.25) is 5.91 Å². The maximum Gasteiger partial charge on any atom is 0.244 e. The molecule has 1 amide bonds. The van der Waals surface area contributed by atoms with Crippen LogP contribution in [0.25, 0.3) is 0 Å². The van der Waals surface area contributed by atoms with E-state index in [-0.39, 0.29) is 18.1 Å². The number of carbonyl (C=O) groups is 1. The Labute approximate surface area is 132 Å².